The maximum Gasteiger partial charge on any atom is 0.0818 e. The van der Waals surface area contributed by atoms with E-state index in [2.05, 4.69) is 32.9 Å². The van der Waals surface area contributed by atoms with Crippen molar-refractivity contribution < 1.29 is 5.11 Å². The summed E-state index contributed by atoms with van der Waals surface area (Å²) in [5.41, 5.74) is 9.21. The second-order valence-electron chi connectivity index (χ2n) is 5.27. The third kappa shape index (κ3) is 4.11. The smallest absolute Gasteiger partial charge is 0.0818 e. The maximum atomic E-state index is 10.5. The molecular weight excluding hydrogens is 222 g/mol. The summed E-state index contributed by atoms with van der Waals surface area (Å²) in [6.07, 6.45) is 3.91. The van der Waals surface area contributed by atoms with Crippen molar-refractivity contribution in [3.8, 4) is 0 Å². The summed E-state index contributed by atoms with van der Waals surface area (Å²) in [4.78, 5) is 0. The van der Waals surface area contributed by atoms with Crippen LogP contribution in [-0.4, -0.2) is 11.7 Å². The first kappa shape index (κ1) is 15.2. The van der Waals surface area contributed by atoms with Gasteiger partial charge in [0.25, 0.3) is 0 Å². The van der Waals surface area contributed by atoms with Gasteiger partial charge in [-0.3, -0.25) is 0 Å². The number of aliphatic hydroxyl groups is 1. The lowest BCUT2D eigenvalue weighted by Gasteiger charge is -2.23. The van der Waals surface area contributed by atoms with Crippen molar-refractivity contribution in [3.63, 3.8) is 0 Å². The number of benzene rings is 1. The van der Waals surface area contributed by atoms with Crippen LogP contribution < -0.4 is 5.73 Å². The van der Waals surface area contributed by atoms with E-state index in [1.54, 1.807) is 0 Å². The van der Waals surface area contributed by atoms with Crippen LogP contribution in [0, 0.1) is 19.8 Å². The molecule has 18 heavy (non-hydrogen) atoms. The van der Waals surface area contributed by atoms with Gasteiger partial charge in [0.1, 0.15) is 0 Å². The molecule has 3 N–H and O–H groups in total. The number of hydrogen-bond donors (Lipinski definition) is 2. The number of unbranched alkanes of at least 4 members (excludes halogenated alkanes) is 1. The predicted octanol–water partition coefficient (Wildman–Crippen LogP) is 3.49. The minimum Gasteiger partial charge on any atom is -0.388 e. The van der Waals surface area contributed by atoms with Crippen molar-refractivity contribution in [2.24, 2.45) is 11.7 Å². The van der Waals surface area contributed by atoms with Crippen LogP contribution in [0.2, 0.25) is 0 Å². The zero-order valence-corrected chi connectivity index (χ0v) is 11.9. The molecule has 2 heteroatoms. The zero-order valence-electron chi connectivity index (χ0n) is 11.9. The molecule has 2 atom stereocenters. The highest BCUT2D eigenvalue weighted by Crippen LogP contribution is 2.29. The molecule has 0 radical (unpaired) electrons. The molecule has 1 rings (SSSR count). The third-order valence-corrected chi connectivity index (χ3v) is 3.78. The predicted molar refractivity (Wildman–Crippen MR) is 77.6 cm³/mol. The fourth-order valence-electron chi connectivity index (χ4n) is 2.36. The highest BCUT2D eigenvalue weighted by Gasteiger charge is 2.20. The summed E-state index contributed by atoms with van der Waals surface area (Å²) < 4.78 is 0. The Morgan fingerprint density at radius 1 is 1.17 bits per heavy atom. The normalized spacial score (nSPS) is 14.5. The van der Waals surface area contributed by atoms with Crippen LogP contribution in [0.4, 0.5) is 0 Å². The van der Waals surface area contributed by atoms with E-state index in [0.29, 0.717) is 6.54 Å². The van der Waals surface area contributed by atoms with Crippen molar-refractivity contribution in [2.45, 2.75) is 52.6 Å². The highest BCUT2D eigenvalue weighted by molar-refractivity contribution is 5.31. The molecule has 0 amide bonds. The van der Waals surface area contributed by atoms with E-state index in [1.165, 1.54) is 17.5 Å². The Bertz CT molecular complexity index is 362. The minimum absolute atomic E-state index is 0.289. The molecule has 2 unspecified atom stereocenters. The maximum absolute atomic E-state index is 10.5. The van der Waals surface area contributed by atoms with E-state index in [0.717, 1.165) is 24.8 Å². The number of hydrogen-bond acceptors (Lipinski definition) is 2. The Morgan fingerprint density at radius 3 is 2.44 bits per heavy atom. The van der Waals surface area contributed by atoms with Gasteiger partial charge >= 0.3 is 0 Å². The Hall–Kier alpha value is -0.860. The van der Waals surface area contributed by atoms with E-state index in [4.69, 9.17) is 5.73 Å². The van der Waals surface area contributed by atoms with Gasteiger partial charge in [0.2, 0.25) is 0 Å². The summed E-state index contributed by atoms with van der Waals surface area (Å²) in [6, 6.07) is 6.24. The van der Waals surface area contributed by atoms with Gasteiger partial charge in [-0.1, -0.05) is 38.0 Å². The Morgan fingerprint density at radius 2 is 1.89 bits per heavy atom. The molecule has 0 aromatic heterocycles. The minimum atomic E-state index is -0.376. The second-order valence-corrected chi connectivity index (χ2v) is 5.27. The molecule has 0 aliphatic rings. The summed E-state index contributed by atoms with van der Waals surface area (Å²) in [5.74, 6) is 0.289. The largest absolute Gasteiger partial charge is 0.388 e. The molecule has 0 bridgehead atoms. The van der Waals surface area contributed by atoms with Crippen molar-refractivity contribution in [3.05, 3.63) is 34.9 Å². The number of nitrogens with two attached hydrogens (primary N) is 1. The molecule has 0 aliphatic carbocycles. The van der Waals surface area contributed by atoms with Crippen LogP contribution in [-0.2, 0) is 0 Å². The van der Waals surface area contributed by atoms with Gasteiger partial charge in [-0.15, -0.1) is 0 Å². The SMILES string of the molecule is CCCCC(CCN)C(O)c1ccc(C)c(C)c1. The standard InChI is InChI=1S/C16H27NO/c1-4-5-6-14(9-10-17)16(18)15-8-7-12(2)13(3)11-15/h7-8,11,14,16,18H,4-6,9-10,17H2,1-3H3. The first-order valence-electron chi connectivity index (χ1n) is 7.05. The topological polar surface area (TPSA) is 46.2 Å². The molecule has 1 aromatic carbocycles. The monoisotopic (exact) mass is 249 g/mol. The Kier molecular flexibility index (Phi) is 6.37. The van der Waals surface area contributed by atoms with Crippen LogP contribution in [0.15, 0.2) is 18.2 Å². The fourth-order valence-corrected chi connectivity index (χ4v) is 2.36. The van der Waals surface area contributed by atoms with Crippen LogP contribution >= 0.6 is 0 Å². The third-order valence-electron chi connectivity index (χ3n) is 3.78. The van der Waals surface area contributed by atoms with E-state index in [1.807, 2.05) is 6.07 Å². The van der Waals surface area contributed by atoms with Gasteiger partial charge in [0.05, 0.1) is 6.10 Å². The van der Waals surface area contributed by atoms with Gasteiger partial charge in [-0.05, 0) is 55.8 Å². The van der Waals surface area contributed by atoms with Gasteiger partial charge in [0.15, 0.2) is 0 Å². The lowest BCUT2D eigenvalue weighted by atomic mass is 9.87. The van der Waals surface area contributed by atoms with E-state index in [9.17, 15) is 5.11 Å². The zero-order chi connectivity index (χ0) is 13.5. The van der Waals surface area contributed by atoms with Crippen LogP contribution in [0.1, 0.15) is 55.4 Å². The molecule has 0 saturated carbocycles. The van der Waals surface area contributed by atoms with Crippen LogP contribution in [0.3, 0.4) is 0 Å². The molecule has 0 fully saturated rings. The summed E-state index contributed by atoms with van der Waals surface area (Å²) in [6.45, 7) is 7.02. The molecule has 0 spiro atoms. The van der Waals surface area contributed by atoms with Gasteiger partial charge in [-0.25, -0.2) is 0 Å². The summed E-state index contributed by atoms with van der Waals surface area (Å²) in [5, 5.41) is 10.5. The Labute approximate surface area is 111 Å². The average Bonchev–Trinajstić information content (AvgIpc) is 2.37. The van der Waals surface area contributed by atoms with Crippen molar-refractivity contribution >= 4 is 0 Å². The number of rotatable bonds is 7. The van der Waals surface area contributed by atoms with Crippen molar-refractivity contribution in [1.29, 1.82) is 0 Å². The molecule has 102 valence electrons. The average molecular weight is 249 g/mol. The van der Waals surface area contributed by atoms with Crippen molar-refractivity contribution in [2.75, 3.05) is 6.54 Å². The molecule has 0 saturated heterocycles. The van der Waals surface area contributed by atoms with E-state index < -0.39 is 0 Å². The Balaban J connectivity index is 2.79. The fraction of sp³-hybridized carbons (Fsp3) is 0.625. The van der Waals surface area contributed by atoms with E-state index in [-0.39, 0.29) is 12.0 Å². The van der Waals surface area contributed by atoms with Crippen molar-refractivity contribution in [1.82, 2.24) is 0 Å². The number of aryl methyl sites for hydroxylation is 2. The van der Waals surface area contributed by atoms with Gasteiger partial charge in [-0.2, -0.15) is 0 Å². The first-order valence-corrected chi connectivity index (χ1v) is 7.05. The summed E-state index contributed by atoms with van der Waals surface area (Å²) >= 11 is 0. The first-order chi connectivity index (χ1) is 8.60. The quantitative estimate of drug-likeness (QED) is 0.777. The highest BCUT2D eigenvalue weighted by atomic mass is 16.3. The lowest BCUT2D eigenvalue weighted by Crippen LogP contribution is -2.17. The second kappa shape index (κ2) is 7.55. The van der Waals surface area contributed by atoms with Gasteiger partial charge in [0, 0.05) is 0 Å². The van der Waals surface area contributed by atoms with Gasteiger partial charge < -0.3 is 10.8 Å². The summed E-state index contributed by atoms with van der Waals surface area (Å²) in [7, 11) is 0. The molecule has 0 heterocycles. The molecule has 2 nitrogen and oxygen atoms in total. The molecular formula is C16H27NO. The molecule has 1 aromatic rings. The van der Waals surface area contributed by atoms with Crippen LogP contribution in [0.25, 0.3) is 0 Å². The number of aliphatic hydroxyl groups excluding tert-OH is 1. The molecule has 0 aliphatic heterocycles. The van der Waals surface area contributed by atoms with E-state index >= 15 is 0 Å². The van der Waals surface area contributed by atoms with Crippen LogP contribution in [0.5, 0.6) is 0 Å². The lowest BCUT2D eigenvalue weighted by molar-refractivity contribution is 0.0973.